The van der Waals surface area contributed by atoms with Crippen LogP contribution in [0.3, 0.4) is 0 Å². The predicted octanol–water partition coefficient (Wildman–Crippen LogP) is 3.05. The Labute approximate surface area is 192 Å². The first-order valence-corrected chi connectivity index (χ1v) is 11.4. The van der Waals surface area contributed by atoms with Gasteiger partial charge >= 0.3 is 0 Å². The summed E-state index contributed by atoms with van der Waals surface area (Å²) in [4.78, 5) is 22.1. The van der Waals surface area contributed by atoms with Crippen LogP contribution in [0.4, 0.5) is 10.1 Å². The molecule has 168 valence electrons. The average Bonchev–Trinajstić information content (AvgIpc) is 2.83. The number of hydrogen-bond acceptors (Lipinski definition) is 3. The Balaban J connectivity index is 1.44. The van der Waals surface area contributed by atoms with Crippen LogP contribution in [0.2, 0.25) is 0 Å². The van der Waals surface area contributed by atoms with E-state index in [1.54, 1.807) is 22.8 Å². The van der Waals surface area contributed by atoms with Crippen LogP contribution in [0.25, 0.3) is 16.6 Å². The summed E-state index contributed by atoms with van der Waals surface area (Å²) in [7, 11) is 0. The highest BCUT2D eigenvalue weighted by atomic mass is 19.1. The quantitative estimate of drug-likeness (QED) is 0.527. The van der Waals surface area contributed by atoms with Crippen molar-refractivity contribution in [2.45, 2.75) is 20.4 Å². The maximum atomic E-state index is 13.5. The van der Waals surface area contributed by atoms with Crippen LogP contribution < -0.4 is 15.4 Å². The Morgan fingerprint density at radius 3 is 2.42 bits per heavy atom. The third-order valence-electron chi connectivity index (χ3n) is 6.73. The lowest BCUT2D eigenvalue weighted by Gasteiger charge is -2.34. The zero-order valence-electron chi connectivity index (χ0n) is 19.0. The van der Waals surface area contributed by atoms with Crippen molar-refractivity contribution in [3.8, 4) is 5.69 Å². The summed E-state index contributed by atoms with van der Waals surface area (Å²) in [6.45, 7) is 8.80. The fourth-order valence-electron chi connectivity index (χ4n) is 4.70. The normalized spacial score (nSPS) is 14.7. The number of fused-ring (bicyclic) bond motifs is 1. The Hall–Kier alpha value is -3.51. The Morgan fingerprint density at radius 2 is 1.67 bits per heavy atom. The number of nitrogens with zero attached hydrogens (tertiary/aromatic N) is 3. The molecule has 0 saturated carbocycles. The third-order valence-corrected chi connectivity index (χ3v) is 6.73. The number of quaternary nitrogens is 1. The second kappa shape index (κ2) is 8.79. The lowest BCUT2D eigenvalue weighted by Crippen LogP contribution is -3.13. The first-order chi connectivity index (χ1) is 16.0. The van der Waals surface area contributed by atoms with Gasteiger partial charge in [-0.25, -0.2) is 9.37 Å². The number of hydrogen-bond donors (Lipinski definition) is 1. The summed E-state index contributed by atoms with van der Waals surface area (Å²) >= 11 is 0. The number of nitrogens with one attached hydrogen (secondary N) is 1. The molecule has 5 nitrogen and oxygen atoms in total. The lowest BCUT2D eigenvalue weighted by molar-refractivity contribution is -0.915. The largest absolute Gasteiger partial charge is 0.360 e. The van der Waals surface area contributed by atoms with E-state index < -0.39 is 0 Å². The molecule has 1 saturated heterocycles. The van der Waals surface area contributed by atoms with Gasteiger partial charge in [-0.05, 0) is 67.4 Å². The van der Waals surface area contributed by atoms with E-state index in [9.17, 15) is 9.18 Å². The van der Waals surface area contributed by atoms with Gasteiger partial charge in [-0.1, -0.05) is 24.3 Å². The van der Waals surface area contributed by atoms with E-state index in [1.807, 2.05) is 18.2 Å². The molecular weight excluding hydrogens is 415 g/mol. The summed E-state index contributed by atoms with van der Waals surface area (Å²) < 4.78 is 15.2. The molecule has 3 aromatic carbocycles. The molecule has 5 rings (SSSR count). The van der Waals surface area contributed by atoms with Crippen LogP contribution in [0.1, 0.15) is 17.0 Å². The molecule has 0 radical (unpaired) electrons. The van der Waals surface area contributed by atoms with Gasteiger partial charge in [-0.3, -0.25) is 9.36 Å². The smallest absolute Gasteiger partial charge is 0.266 e. The van der Waals surface area contributed by atoms with Crippen molar-refractivity contribution in [2.75, 3.05) is 31.1 Å². The van der Waals surface area contributed by atoms with E-state index in [-0.39, 0.29) is 11.4 Å². The van der Waals surface area contributed by atoms with Gasteiger partial charge in [0.15, 0.2) is 5.82 Å². The molecule has 33 heavy (non-hydrogen) atoms. The van der Waals surface area contributed by atoms with Crippen LogP contribution in [0.5, 0.6) is 0 Å². The molecule has 0 unspecified atom stereocenters. The summed E-state index contributed by atoms with van der Waals surface area (Å²) in [5, 5.41) is 0.570. The Morgan fingerprint density at radius 1 is 0.939 bits per heavy atom. The molecule has 1 aliphatic heterocycles. The van der Waals surface area contributed by atoms with Crippen molar-refractivity contribution < 1.29 is 9.29 Å². The Bertz CT molecular complexity index is 1360. The van der Waals surface area contributed by atoms with E-state index in [4.69, 9.17) is 4.98 Å². The van der Waals surface area contributed by atoms with Crippen LogP contribution in [-0.4, -0.2) is 35.7 Å². The van der Waals surface area contributed by atoms with Crippen molar-refractivity contribution in [2.24, 2.45) is 0 Å². The molecule has 0 aliphatic carbocycles. The third kappa shape index (κ3) is 4.14. The predicted molar refractivity (Wildman–Crippen MR) is 130 cm³/mol. The number of anilines is 1. The molecule has 1 aliphatic rings. The van der Waals surface area contributed by atoms with Gasteiger partial charge in [-0.15, -0.1) is 0 Å². The molecule has 2 heterocycles. The number of halogens is 1. The van der Waals surface area contributed by atoms with E-state index in [1.165, 1.54) is 33.8 Å². The lowest BCUT2D eigenvalue weighted by atomic mass is 10.1. The molecule has 1 N–H and O–H groups in total. The number of para-hydroxylation sites is 1. The van der Waals surface area contributed by atoms with Gasteiger partial charge in [0.1, 0.15) is 12.4 Å². The van der Waals surface area contributed by atoms with Crippen molar-refractivity contribution in [1.82, 2.24) is 9.55 Å². The summed E-state index contributed by atoms with van der Waals surface area (Å²) in [5.74, 6) is 0.385. The van der Waals surface area contributed by atoms with Crippen molar-refractivity contribution in [1.29, 1.82) is 0 Å². The summed E-state index contributed by atoms with van der Waals surface area (Å²) in [5.41, 5.74) is 5.18. The van der Waals surface area contributed by atoms with Crippen LogP contribution >= 0.6 is 0 Å². The summed E-state index contributed by atoms with van der Waals surface area (Å²) in [6, 6.07) is 20.0. The fourth-order valence-corrected chi connectivity index (χ4v) is 4.70. The van der Waals surface area contributed by atoms with Crippen LogP contribution in [0, 0.1) is 19.7 Å². The maximum Gasteiger partial charge on any atom is 0.266 e. The van der Waals surface area contributed by atoms with Gasteiger partial charge in [0.2, 0.25) is 0 Å². The minimum atomic E-state index is -0.324. The first-order valence-electron chi connectivity index (χ1n) is 11.4. The topological polar surface area (TPSA) is 42.6 Å². The average molecular weight is 444 g/mol. The second-order valence-electron chi connectivity index (χ2n) is 8.80. The number of rotatable bonds is 4. The zero-order valence-corrected chi connectivity index (χ0v) is 19.0. The molecular formula is C27H28FN4O+. The first kappa shape index (κ1) is 21.3. The number of aryl methyl sites for hydroxylation is 1. The van der Waals surface area contributed by atoms with Gasteiger partial charge in [0.05, 0.1) is 42.8 Å². The van der Waals surface area contributed by atoms with E-state index >= 15 is 0 Å². The standard InChI is InChI=1S/C27H27FN4O/c1-19-6-5-9-25(20(19)2)31-16-14-30(15-17-31)18-26-29-24-8-4-3-7-23(24)27(33)32(26)22-12-10-21(28)11-13-22/h3-13H,14-18H2,1-2H3/p+1. The number of benzene rings is 3. The van der Waals surface area contributed by atoms with Crippen molar-refractivity contribution >= 4 is 16.6 Å². The highest BCUT2D eigenvalue weighted by molar-refractivity contribution is 5.77. The van der Waals surface area contributed by atoms with Gasteiger partial charge in [0.25, 0.3) is 5.56 Å². The number of aromatic nitrogens is 2. The van der Waals surface area contributed by atoms with Crippen LogP contribution in [0.15, 0.2) is 71.5 Å². The minimum Gasteiger partial charge on any atom is -0.360 e. The maximum absolute atomic E-state index is 13.5. The summed E-state index contributed by atoms with van der Waals surface area (Å²) in [6.07, 6.45) is 0. The Kier molecular flexibility index (Phi) is 5.68. The van der Waals surface area contributed by atoms with Crippen LogP contribution in [-0.2, 0) is 6.54 Å². The zero-order chi connectivity index (χ0) is 22.9. The molecule has 0 bridgehead atoms. The number of piperazine rings is 1. The van der Waals surface area contributed by atoms with E-state index in [0.29, 0.717) is 29.0 Å². The molecule has 1 fully saturated rings. The van der Waals surface area contributed by atoms with E-state index in [0.717, 1.165) is 26.2 Å². The van der Waals surface area contributed by atoms with Gasteiger partial charge < -0.3 is 9.80 Å². The second-order valence-corrected chi connectivity index (χ2v) is 8.80. The van der Waals surface area contributed by atoms with Crippen molar-refractivity contribution in [3.05, 3.63) is 99.9 Å². The van der Waals surface area contributed by atoms with Crippen molar-refractivity contribution in [3.63, 3.8) is 0 Å². The SMILES string of the molecule is Cc1cccc(N2CC[NH+](Cc3nc4ccccc4c(=O)n3-c3ccc(F)cc3)CC2)c1C. The molecule has 0 amide bonds. The monoisotopic (exact) mass is 443 g/mol. The highest BCUT2D eigenvalue weighted by Gasteiger charge is 2.24. The molecule has 6 heteroatoms. The fraction of sp³-hybridized carbons (Fsp3) is 0.259. The minimum absolute atomic E-state index is 0.115. The molecule has 0 atom stereocenters. The van der Waals surface area contributed by atoms with Gasteiger partial charge in [-0.2, -0.15) is 0 Å². The highest BCUT2D eigenvalue weighted by Crippen LogP contribution is 2.22. The molecule has 1 aromatic heterocycles. The molecule has 0 spiro atoms. The van der Waals surface area contributed by atoms with E-state index in [2.05, 4.69) is 36.9 Å². The van der Waals surface area contributed by atoms with Gasteiger partial charge in [0, 0.05) is 5.69 Å². The molecule has 4 aromatic rings.